The van der Waals surface area contributed by atoms with Gasteiger partial charge in [-0.1, -0.05) is 37.3 Å². The maximum atomic E-state index is 12.3. The fourth-order valence-corrected chi connectivity index (χ4v) is 2.08. The minimum atomic E-state index is -0.515. The van der Waals surface area contributed by atoms with Crippen LogP contribution in [0.2, 0.25) is 0 Å². The summed E-state index contributed by atoms with van der Waals surface area (Å²) in [7, 11) is 0. The molecule has 20 heavy (non-hydrogen) atoms. The first-order valence-corrected chi connectivity index (χ1v) is 6.48. The lowest BCUT2D eigenvalue weighted by atomic mass is 10.2. The van der Waals surface area contributed by atoms with Crippen LogP contribution in [0.3, 0.4) is 0 Å². The van der Waals surface area contributed by atoms with Gasteiger partial charge in [0.2, 0.25) is 0 Å². The highest BCUT2D eigenvalue weighted by molar-refractivity contribution is 5.57. The lowest BCUT2D eigenvalue weighted by molar-refractivity contribution is 0.573. The molecule has 6 heteroatoms. The predicted molar refractivity (Wildman–Crippen MR) is 79.6 cm³/mol. The van der Waals surface area contributed by atoms with Gasteiger partial charge < -0.3 is 11.5 Å². The van der Waals surface area contributed by atoms with Crippen LogP contribution < -0.4 is 22.7 Å². The summed E-state index contributed by atoms with van der Waals surface area (Å²) in [5.74, 6) is 0.0243. The van der Waals surface area contributed by atoms with E-state index >= 15 is 0 Å². The number of anilines is 2. The molecule has 0 saturated heterocycles. The van der Waals surface area contributed by atoms with Gasteiger partial charge in [0.15, 0.2) is 0 Å². The second-order valence-corrected chi connectivity index (χ2v) is 4.61. The molecule has 0 fully saturated rings. The lowest BCUT2D eigenvalue weighted by Gasteiger charge is -2.14. The first-order chi connectivity index (χ1) is 9.56. The molecule has 0 radical (unpaired) electrons. The summed E-state index contributed by atoms with van der Waals surface area (Å²) in [6.07, 6.45) is 0.670. The molecule has 6 nitrogen and oxygen atoms in total. The van der Waals surface area contributed by atoms with E-state index in [2.05, 4.69) is 0 Å². The zero-order valence-corrected chi connectivity index (χ0v) is 11.4. The lowest BCUT2D eigenvalue weighted by Crippen LogP contribution is -2.42. The van der Waals surface area contributed by atoms with Gasteiger partial charge >= 0.3 is 5.69 Å². The average Bonchev–Trinajstić information content (AvgIpc) is 2.47. The van der Waals surface area contributed by atoms with E-state index in [4.69, 9.17) is 11.5 Å². The molecule has 0 spiro atoms. The van der Waals surface area contributed by atoms with Crippen LogP contribution in [0, 0.1) is 0 Å². The monoisotopic (exact) mass is 274 g/mol. The van der Waals surface area contributed by atoms with Crippen molar-refractivity contribution in [3.05, 3.63) is 56.7 Å². The quantitative estimate of drug-likeness (QED) is 0.854. The van der Waals surface area contributed by atoms with Crippen LogP contribution in [-0.4, -0.2) is 9.13 Å². The highest BCUT2D eigenvalue weighted by Crippen LogP contribution is 2.09. The summed E-state index contributed by atoms with van der Waals surface area (Å²) in [6.45, 7) is 2.51. The largest absolute Gasteiger partial charge is 0.391 e. The van der Waals surface area contributed by atoms with Crippen molar-refractivity contribution < 1.29 is 0 Å². The number of nitrogens with zero attached hydrogens (tertiary/aromatic N) is 2. The number of nitrogen functional groups attached to an aromatic ring is 2. The van der Waals surface area contributed by atoms with Gasteiger partial charge in [0.1, 0.15) is 11.5 Å². The molecule has 106 valence electrons. The highest BCUT2D eigenvalue weighted by Gasteiger charge is 2.14. The zero-order chi connectivity index (χ0) is 14.7. The number of rotatable bonds is 4. The Morgan fingerprint density at radius 3 is 2.30 bits per heavy atom. The van der Waals surface area contributed by atoms with Crippen molar-refractivity contribution in [2.24, 2.45) is 0 Å². The third kappa shape index (κ3) is 2.45. The van der Waals surface area contributed by atoms with Gasteiger partial charge in [-0.3, -0.25) is 13.9 Å². The maximum absolute atomic E-state index is 12.3. The normalized spacial score (nSPS) is 10.7. The summed E-state index contributed by atoms with van der Waals surface area (Å²) in [4.78, 5) is 24.3. The highest BCUT2D eigenvalue weighted by atomic mass is 16.2. The molecule has 0 aliphatic rings. The van der Waals surface area contributed by atoms with Gasteiger partial charge in [-0.15, -0.1) is 0 Å². The summed E-state index contributed by atoms with van der Waals surface area (Å²) in [6, 6.07) is 9.42. The van der Waals surface area contributed by atoms with Crippen molar-refractivity contribution in [2.75, 3.05) is 11.5 Å². The van der Waals surface area contributed by atoms with Crippen LogP contribution >= 0.6 is 0 Å². The van der Waals surface area contributed by atoms with E-state index in [9.17, 15) is 9.59 Å². The Balaban J connectivity index is 2.58. The average molecular weight is 274 g/mol. The molecule has 0 atom stereocenters. The van der Waals surface area contributed by atoms with Crippen LogP contribution in [0.4, 0.5) is 11.5 Å². The third-order valence-electron chi connectivity index (χ3n) is 3.13. The van der Waals surface area contributed by atoms with E-state index < -0.39 is 11.2 Å². The molecule has 4 N–H and O–H groups in total. The molecule has 2 aromatic rings. The fourth-order valence-electron chi connectivity index (χ4n) is 2.08. The van der Waals surface area contributed by atoms with Crippen LogP contribution in [0.1, 0.15) is 18.9 Å². The third-order valence-corrected chi connectivity index (χ3v) is 3.13. The Bertz CT molecular complexity index is 716. The minimum Gasteiger partial charge on any atom is -0.391 e. The predicted octanol–water partition coefficient (Wildman–Crippen LogP) is 0.633. The van der Waals surface area contributed by atoms with Gasteiger partial charge in [0, 0.05) is 6.54 Å². The molecule has 0 saturated carbocycles. The van der Waals surface area contributed by atoms with Gasteiger partial charge in [-0.05, 0) is 12.0 Å². The first-order valence-electron chi connectivity index (χ1n) is 6.48. The van der Waals surface area contributed by atoms with Crippen LogP contribution in [0.5, 0.6) is 0 Å². The molecular weight excluding hydrogens is 256 g/mol. The van der Waals surface area contributed by atoms with E-state index in [1.165, 1.54) is 4.57 Å². The fraction of sp³-hybridized carbons (Fsp3) is 0.286. The van der Waals surface area contributed by atoms with Crippen molar-refractivity contribution >= 4 is 11.5 Å². The standard InChI is InChI=1S/C14H18N4O2/c1-2-8-17-13(19)11(15)12(16)18(14(17)20)9-10-6-4-3-5-7-10/h3-7H,2,8-9,15-16H2,1H3. The topological polar surface area (TPSA) is 96.0 Å². The Morgan fingerprint density at radius 2 is 1.70 bits per heavy atom. The second kappa shape index (κ2) is 5.64. The van der Waals surface area contributed by atoms with Gasteiger partial charge in [-0.25, -0.2) is 4.79 Å². The van der Waals surface area contributed by atoms with Crippen LogP contribution in [-0.2, 0) is 13.1 Å². The summed E-state index contributed by atoms with van der Waals surface area (Å²) in [5.41, 5.74) is 11.4. The number of aromatic nitrogens is 2. The van der Waals surface area contributed by atoms with E-state index in [0.717, 1.165) is 10.1 Å². The van der Waals surface area contributed by atoms with Crippen LogP contribution in [0.15, 0.2) is 39.9 Å². The Hall–Kier alpha value is -2.50. The molecule has 0 amide bonds. The van der Waals surface area contributed by atoms with Gasteiger partial charge in [0.05, 0.1) is 6.54 Å². The molecule has 2 rings (SSSR count). The number of hydrogen-bond donors (Lipinski definition) is 2. The second-order valence-electron chi connectivity index (χ2n) is 4.61. The molecule has 1 aromatic heterocycles. The first kappa shape index (κ1) is 13.9. The van der Waals surface area contributed by atoms with Crippen molar-refractivity contribution in [1.29, 1.82) is 0 Å². The minimum absolute atomic E-state index is 0.0243. The molecule has 1 aromatic carbocycles. The molecule has 0 bridgehead atoms. The Kier molecular flexibility index (Phi) is 3.93. The summed E-state index contributed by atoms with van der Waals surface area (Å²) >= 11 is 0. The summed E-state index contributed by atoms with van der Waals surface area (Å²) in [5, 5.41) is 0. The molecule has 0 unspecified atom stereocenters. The van der Waals surface area contributed by atoms with Crippen molar-refractivity contribution in [2.45, 2.75) is 26.4 Å². The number of nitrogens with two attached hydrogens (primary N) is 2. The van der Waals surface area contributed by atoms with Gasteiger partial charge in [0.25, 0.3) is 5.56 Å². The van der Waals surface area contributed by atoms with Gasteiger partial charge in [-0.2, -0.15) is 0 Å². The Morgan fingerprint density at radius 1 is 1.05 bits per heavy atom. The van der Waals surface area contributed by atoms with Crippen LogP contribution in [0.25, 0.3) is 0 Å². The smallest absolute Gasteiger partial charge is 0.332 e. The van der Waals surface area contributed by atoms with Crippen molar-refractivity contribution in [1.82, 2.24) is 9.13 Å². The van der Waals surface area contributed by atoms with E-state index in [1.807, 2.05) is 37.3 Å². The molecule has 0 aliphatic carbocycles. The maximum Gasteiger partial charge on any atom is 0.332 e. The SMILES string of the molecule is CCCn1c(=O)c(N)c(N)n(Cc2ccccc2)c1=O. The van der Waals surface area contributed by atoms with E-state index in [-0.39, 0.29) is 11.5 Å². The zero-order valence-electron chi connectivity index (χ0n) is 11.4. The number of benzene rings is 1. The van der Waals surface area contributed by atoms with Crippen molar-refractivity contribution in [3.63, 3.8) is 0 Å². The van der Waals surface area contributed by atoms with E-state index in [1.54, 1.807) is 0 Å². The molecule has 1 heterocycles. The molecule has 0 aliphatic heterocycles. The summed E-state index contributed by atoms with van der Waals surface area (Å²) < 4.78 is 2.47. The van der Waals surface area contributed by atoms with Crippen molar-refractivity contribution in [3.8, 4) is 0 Å². The Labute approximate surface area is 116 Å². The number of hydrogen-bond acceptors (Lipinski definition) is 4. The van der Waals surface area contributed by atoms with E-state index in [0.29, 0.717) is 19.5 Å². The molecular formula is C14H18N4O2.